The van der Waals surface area contributed by atoms with Crippen LogP contribution in [0.15, 0.2) is 29.1 Å². The van der Waals surface area contributed by atoms with Crippen molar-refractivity contribution in [2.45, 2.75) is 31.9 Å². The molecule has 2 aliphatic rings. The highest BCUT2D eigenvalue weighted by Gasteiger charge is 2.26. The minimum atomic E-state index is -0.512. The van der Waals surface area contributed by atoms with Gasteiger partial charge < -0.3 is 10.0 Å². The summed E-state index contributed by atoms with van der Waals surface area (Å²) in [4.78, 5) is 24.3. The number of anilines is 1. The molecule has 1 atom stereocenters. The van der Waals surface area contributed by atoms with Crippen molar-refractivity contribution in [3.8, 4) is 11.3 Å². The van der Waals surface area contributed by atoms with E-state index in [1.165, 1.54) is 6.07 Å². The van der Waals surface area contributed by atoms with Crippen molar-refractivity contribution < 1.29 is 9.50 Å². The van der Waals surface area contributed by atoms with Crippen LogP contribution in [0.5, 0.6) is 0 Å². The largest absolute Gasteiger partial charge is 0.391 e. The second kappa shape index (κ2) is 6.53. The topological polar surface area (TPSA) is 71.2 Å². The van der Waals surface area contributed by atoms with Gasteiger partial charge in [-0.15, -0.1) is 0 Å². The average Bonchev–Trinajstić information content (AvgIpc) is 3.31. The molecule has 0 bridgehead atoms. The van der Waals surface area contributed by atoms with Gasteiger partial charge in [-0.05, 0) is 37.1 Å². The lowest BCUT2D eigenvalue weighted by atomic mass is 10.1. The molecule has 1 saturated heterocycles. The number of benzene rings is 1. The molecule has 0 unspecified atom stereocenters. The van der Waals surface area contributed by atoms with Crippen LogP contribution in [0.1, 0.15) is 18.7 Å². The third-order valence-electron chi connectivity index (χ3n) is 5.46. The Labute approximate surface area is 165 Å². The van der Waals surface area contributed by atoms with Crippen LogP contribution in [-0.4, -0.2) is 38.8 Å². The monoisotopic (exact) mass is 400 g/mol. The Kier molecular flexibility index (Phi) is 4.10. The standard InChI is InChI=1S/C20H18ClFN4O2/c21-11-3-4-13(15(22)8-11)18-19-14(20(28)26-6-1-2-16(26)23-19)9-17(24-18)25-7-5-12(27)10-25/h3-4,8-9,12,27H,1-2,5-7,10H2/t12-/m0/s1. The third kappa shape index (κ3) is 2.77. The van der Waals surface area contributed by atoms with Gasteiger partial charge >= 0.3 is 0 Å². The predicted octanol–water partition coefficient (Wildman–Crippen LogP) is 2.77. The van der Waals surface area contributed by atoms with Crippen LogP contribution < -0.4 is 10.5 Å². The number of hydrogen-bond donors (Lipinski definition) is 1. The Morgan fingerprint density at radius 3 is 2.82 bits per heavy atom. The van der Waals surface area contributed by atoms with Crippen molar-refractivity contribution in [1.82, 2.24) is 14.5 Å². The van der Waals surface area contributed by atoms with Gasteiger partial charge in [0.15, 0.2) is 0 Å². The van der Waals surface area contributed by atoms with Crippen LogP contribution in [0, 0.1) is 5.82 Å². The summed E-state index contributed by atoms with van der Waals surface area (Å²) < 4.78 is 16.4. The minimum Gasteiger partial charge on any atom is -0.391 e. The fraction of sp³-hybridized carbons (Fsp3) is 0.350. The lowest BCUT2D eigenvalue weighted by molar-refractivity contribution is 0.198. The molecule has 0 saturated carbocycles. The summed E-state index contributed by atoms with van der Waals surface area (Å²) >= 11 is 5.91. The number of aryl methyl sites for hydroxylation is 1. The molecule has 28 heavy (non-hydrogen) atoms. The SMILES string of the molecule is O=c1c2cc(N3CC[C@H](O)C3)nc(-c3ccc(Cl)cc3F)c2nc2n1CCC2. The minimum absolute atomic E-state index is 0.128. The van der Waals surface area contributed by atoms with Crippen molar-refractivity contribution in [3.05, 3.63) is 51.3 Å². The second-order valence-electron chi connectivity index (χ2n) is 7.33. The summed E-state index contributed by atoms with van der Waals surface area (Å²) in [5.74, 6) is 0.743. The van der Waals surface area contributed by atoms with Gasteiger partial charge in [-0.1, -0.05) is 11.6 Å². The summed E-state index contributed by atoms with van der Waals surface area (Å²) in [5, 5.41) is 10.6. The van der Waals surface area contributed by atoms with Gasteiger partial charge in [0, 0.05) is 36.6 Å². The van der Waals surface area contributed by atoms with E-state index in [9.17, 15) is 14.3 Å². The van der Waals surface area contributed by atoms with E-state index < -0.39 is 11.9 Å². The maximum absolute atomic E-state index is 14.7. The summed E-state index contributed by atoms with van der Waals surface area (Å²) in [6.45, 7) is 1.70. The first-order valence-corrected chi connectivity index (χ1v) is 9.72. The number of hydrogen-bond acceptors (Lipinski definition) is 5. The van der Waals surface area contributed by atoms with E-state index in [0.717, 1.165) is 6.42 Å². The number of rotatable bonds is 2. The lowest BCUT2D eigenvalue weighted by Crippen LogP contribution is -2.25. The summed E-state index contributed by atoms with van der Waals surface area (Å²) in [7, 11) is 0. The maximum Gasteiger partial charge on any atom is 0.261 e. The first-order valence-electron chi connectivity index (χ1n) is 9.34. The summed E-state index contributed by atoms with van der Waals surface area (Å²) in [5.41, 5.74) is 0.862. The van der Waals surface area contributed by atoms with Gasteiger partial charge in [-0.2, -0.15) is 0 Å². The normalized spacial score (nSPS) is 18.8. The summed E-state index contributed by atoms with van der Waals surface area (Å²) in [6.07, 6.45) is 1.77. The van der Waals surface area contributed by atoms with Crippen LogP contribution in [0.3, 0.4) is 0 Å². The summed E-state index contributed by atoms with van der Waals surface area (Å²) in [6, 6.07) is 6.11. The number of halogens is 2. The number of fused-ring (bicyclic) bond motifs is 2. The predicted molar refractivity (Wildman–Crippen MR) is 105 cm³/mol. The van der Waals surface area contributed by atoms with Crippen molar-refractivity contribution in [2.75, 3.05) is 18.0 Å². The molecule has 5 rings (SSSR count). The van der Waals surface area contributed by atoms with Crippen molar-refractivity contribution in [3.63, 3.8) is 0 Å². The van der Waals surface area contributed by atoms with Gasteiger partial charge in [0.25, 0.3) is 5.56 Å². The van der Waals surface area contributed by atoms with E-state index in [0.29, 0.717) is 65.7 Å². The third-order valence-corrected chi connectivity index (χ3v) is 5.70. The Morgan fingerprint density at radius 2 is 2.07 bits per heavy atom. The number of β-amino-alcohol motifs (C(OH)–C–C–N with tert-alkyl or cyclic N) is 1. The molecule has 1 fully saturated rings. The Bertz CT molecular complexity index is 1160. The highest BCUT2D eigenvalue weighted by Crippen LogP contribution is 2.32. The van der Waals surface area contributed by atoms with Gasteiger partial charge in [-0.3, -0.25) is 9.36 Å². The van der Waals surface area contributed by atoms with Crippen molar-refractivity contribution in [2.24, 2.45) is 0 Å². The van der Waals surface area contributed by atoms with Crippen LogP contribution in [0.4, 0.5) is 10.2 Å². The first-order chi connectivity index (χ1) is 13.5. The van der Waals surface area contributed by atoms with Crippen molar-refractivity contribution >= 4 is 28.3 Å². The highest BCUT2D eigenvalue weighted by molar-refractivity contribution is 6.30. The maximum atomic E-state index is 14.7. The van der Waals surface area contributed by atoms with Crippen LogP contribution in [0.2, 0.25) is 5.02 Å². The molecule has 2 aliphatic heterocycles. The zero-order valence-corrected chi connectivity index (χ0v) is 15.8. The molecule has 1 N–H and O–H groups in total. The highest BCUT2D eigenvalue weighted by atomic mass is 35.5. The molecule has 2 aromatic heterocycles. The molecular weight excluding hydrogens is 383 g/mol. The van der Waals surface area contributed by atoms with E-state index in [4.69, 9.17) is 11.6 Å². The molecule has 6 nitrogen and oxygen atoms in total. The number of nitrogens with zero attached hydrogens (tertiary/aromatic N) is 4. The lowest BCUT2D eigenvalue weighted by Gasteiger charge is -2.19. The van der Waals surface area contributed by atoms with Gasteiger partial charge in [0.2, 0.25) is 0 Å². The number of pyridine rings is 1. The average molecular weight is 401 g/mol. The Morgan fingerprint density at radius 1 is 1.21 bits per heavy atom. The zero-order chi connectivity index (χ0) is 19.4. The molecule has 0 amide bonds. The molecule has 8 heteroatoms. The molecule has 0 radical (unpaired) electrons. The van der Waals surface area contributed by atoms with Gasteiger partial charge in [-0.25, -0.2) is 14.4 Å². The van der Waals surface area contributed by atoms with Gasteiger partial charge in [0.1, 0.15) is 28.7 Å². The number of aliphatic hydroxyl groups is 1. The van der Waals surface area contributed by atoms with Crippen LogP contribution in [0.25, 0.3) is 22.2 Å². The molecule has 4 heterocycles. The Balaban J connectivity index is 1.81. The number of aromatic nitrogens is 3. The van der Waals surface area contributed by atoms with Gasteiger partial charge in [0.05, 0.1) is 11.5 Å². The fourth-order valence-corrected chi connectivity index (χ4v) is 4.21. The Hall–Kier alpha value is -2.51. The molecule has 1 aromatic carbocycles. The fourth-order valence-electron chi connectivity index (χ4n) is 4.05. The zero-order valence-electron chi connectivity index (χ0n) is 15.0. The molecule has 3 aromatic rings. The van der Waals surface area contributed by atoms with E-state index in [-0.39, 0.29) is 11.1 Å². The molecule has 0 aliphatic carbocycles. The molecular formula is C20H18ClFN4O2. The smallest absolute Gasteiger partial charge is 0.261 e. The first kappa shape index (κ1) is 17.6. The van der Waals surface area contributed by atoms with Crippen LogP contribution >= 0.6 is 11.6 Å². The number of aliphatic hydroxyl groups excluding tert-OH is 1. The van der Waals surface area contributed by atoms with E-state index >= 15 is 0 Å². The quantitative estimate of drug-likeness (QED) is 0.716. The second-order valence-corrected chi connectivity index (χ2v) is 7.76. The van der Waals surface area contributed by atoms with E-state index in [1.807, 2.05) is 4.90 Å². The van der Waals surface area contributed by atoms with E-state index in [2.05, 4.69) is 9.97 Å². The molecule has 0 spiro atoms. The van der Waals surface area contributed by atoms with Crippen LogP contribution in [-0.2, 0) is 13.0 Å². The van der Waals surface area contributed by atoms with Crippen molar-refractivity contribution in [1.29, 1.82) is 0 Å². The molecule has 144 valence electrons. The van der Waals surface area contributed by atoms with E-state index in [1.54, 1.807) is 22.8 Å².